The summed E-state index contributed by atoms with van der Waals surface area (Å²) < 4.78 is 69.7. The molecule has 0 unspecified atom stereocenters. The topological polar surface area (TPSA) is 137 Å². The maximum atomic E-state index is 13.2. The lowest BCUT2D eigenvalue weighted by molar-refractivity contribution is -0.123. The molecule has 0 spiro atoms. The Hall–Kier alpha value is -5.08. The number of rotatable bonds is 8. The number of hydrogen-bond donors (Lipinski definition) is 3. The molecule has 4 N–H and O–H groups in total. The summed E-state index contributed by atoms with van der Waals surface area (Å²) in [7, 11) is 0. The number of nitrogens with two attached hydrogens (primary N) is 1. The van der Waals surface area contributed by atoms with E-state index in [1.54, 1.807) is 29.6 Å². The fraction of sp³-hybridized carbons (Fsp3) is 0.125. The number of carbonyl (C=O) groups excluding carboxylic acids is 2. The van der Waals surface area contributed by atoms with E-state index in [1.165, 1.54) is 6.07 Å². The molecule has 2 aromatic heterocycles. The van der Waals surface area contributed by atoms with Crippen LogP contribution in [0.3, 0.4) is 0 Å². The lowest BCUT2D eigenvalue weighted by Gasteiger charge is -2.14. The molecule has 10 nitrogen and oxygen atoms in total. The average molecular weight is 547 g/mol. The van der Waals surface area contributed by atoms with E-state index < -0.39 is 42.5 Å². The van der Waals surface area contributed by atoms with Crippen LogP contribution in [0.15, 0.2) is 61.4 Å². The van der Waals surface area contributed by atoms with Crippen LogP contribution in [-0.2, 0) is 4.79 Å². The molecule has 0 saturated heterocycles. The molecule has 4 aromatic rings. The number of carbonyl (C=O) groups is 2. The second-order valence-corrected chi connectivity index (χ2v) is 7.86. The second-order valence-electron chi connectivity index (χ2n) is 7.86. The summed E-state index contributed by atoms with van der Waals surface area (Å²) in [5, 5.41) is 12.7. The summed E-state index contributed by atoms with van der Waals surface area (Å²) in [6, 6.07) is 9.80. The van der Waals surface area contributed by atoms with Crippen molar-refractivity contribution in [3.63, 3.8) is 0 Å². The molecule has 2 amide bonds. The molecular formula is C24H18F5N7O3. The Labute approximate surface area is 216 Å². The third-order valence-electron chi connectivity index (χ3n) is 5.26. The van der Waals surface area contributed by atoms with E-state index in [0.717, 1.165) is 29.2 Å². The van der Waals surface area contributed by atoms with Gasteiger partial charge in [-0.25, -0.2) is 4.98 Å². The van der Waals surface area contributed by atoms with Crippen LogP contribution in [0.25, 0.3) is 27.9 Å². The zero-order valence-electron chi connectivity index (χ0n) is 19.7. The molecule has 15 heteroatoms. The molecule has 2 heterocycles. The lowest BCUT2D eigenvalue weighted by Crippen LogP contribution is -2.34. The van der Waals surface area contributed by atoms with Gasteiger partial charge < -0.3 is 21.1 Å². The minimum absolute atomic E-state index is 0.0167. The minimum Gasteiger partial charge on any atom is -0.434 e. The van der Waals surface area contributed by atoms with Gasteiger partial charge in [0, 0.05) is 16.8 Å². The monoisotopic (exact) mass is 547 g/mol. The van der Waals surface area contributed by atoms with E-state index in [4.69, 9.17) is 5.73 Å². The van der Waals surface area contributed by atoms with Gasteiger partial charge in [0.15, 0.2) is 5.82 Å². The first-order chi connectivity index (χ1) is 18.5. The highest BCUT2D eigenvalue weighted by molar-refractivity contribution is 6.01. The van der Waals surface area contributed by atoms with Gasteiger partial charge in [-0.05, 0) is 35.9 Å². The molecule has 4 rings (SSSR count). The first kappa shape index (κ1) is 27.0. The maximum absolute atomic E-state index is 13.2. The van der Waals surface area contributed by atoms with Crippen molar-refractivity contribution in [2.45, 2.75) is 12.8 Å². The van der Waals surface area contributed by atoms with Gasteiger partial charge in [-0.15, -0.1) is 14.8 Å². The van der Waals surface area contributed by atoms with Crippen molar-refractivity contribution >= 4 is 28.8 Å². The molecule has 0 radical (unpaired) electrons. The summed E-state index contributed by atoms with van der Waals surface area (Å²) in [6.07, 6.45) is -2.47. The van der Waals surface area contributed by atoms with Gasteiger partial charge >= 0.3 is 12.8 Å². The largest absolute Gasteiger partial charge is 0.434 e. The van der Waals surface area contributed by atoms with Crippen molar-refractivity contribution in [3.05, 3.63) is 67.0 Å². The highest BCUT2D eigenvalue weighted by Gasteiger charge is 2.29. The number of ether oxygens (including phenoxy) is 1. The number of nitrogen functional groups attached to an aromatic ring is 1. The van der Waals surface area contributed by atoms with Crippen LogP contribution in [0.1, 0.15) is 10.4 Å². The first-order valence-corrected chi connectivity index (χ1v) is 10.9. The molecule has 0 fully saturated rings. The van der Waals surface area contributed by atoms with Crippen LogP contribution in [-0.4, -0.2) is 51.0 Å². The average Bonchev–Trinajstić information content (AvgIpc) is 3.28. The molecular weight excluding hydrogens is 529 g/mol. The fourth-order valence-electron chi connectivity index (χ4n) is 3.63. The molecule has 0 saturated carbocycles. The SMILES string of the molecule is C=CC(=O)Nc1ccc(-c2nn3ncnc(N)c3c2-c2ccc(C(=O)NCC(F)(F)F)c(OC(F)F)c2)cc1. The number of nitrogens with zero attached hydrogens (tertiary/aromatic N) is 4. The van der Waals surface area contributed by atoms with E-state index in [9.17, 15) is 31.5 Å². The van der Waals surface area contributed by atoms with Crippen LogP contribution in [0.5, 0.6) is 5.75 Å². The highest BCUT2D eigenvalue weighted by atomic mass is 19.4. The van der Waals surface area contributed by atoms with Gasteiger partial charge in [0.1, 0.15) is 29.8 Å². The highest BCUT2D eigenvalue weighted by Crippen LogP contribution is 2.39. The van der Waals surface area contributed by atoms with Gasteiger partial charge in [0.2, 0.25) is 5.91 Å². The maximum Gasteiger partial charge on any atom is 0.405 e. The standard InChI is InChI=1S/C24H18F5N7O3/c1-2-17(37)34-14-6-3-12(4-7-14)19-18(20-21(30)32-11-33-36(20)35-19)13-5-8-15(16(9-13)39-23(25)26)22(38)31-10-24(27,28)29/h2-9,11,23H,1,10H2,(H,31,38)(H,34,37)(H2,30,32,33). The Kier molecular flexibility index (Phi) is 7.42. The normalized spacial score (nSPS) is 11.4. The molecule has 202 valence electrons. The quantitative estimate of drug-likeness (QED) is 0.224. The van der Waals surface area contributed by atoms with E-state index in [0.29, 0.717) is 11.3 Å². The molecule has 39 heavy (non-hydrogen) atoms. The Balaban J connectivity index is 1.84. The summed E-state index contributed by atoms with van der Waals surface area (Å²) in [5.41, 5.74) is 7.36. The van der Waals surface area contributed by atoms with E-state index in [-0.39, 0.29) is 28.2 Å². The van der Waals surface area contributed by atoms with Crippen LogP contribution in [0.4, 0.5) is 33.5 Å². The molecule has 0 aliphatic rings. The fourth-order valence-corrected chi connectivity index (χ4v) is 3.63. The van der Waals surface area contributed by atoms with Gasteiger partial charge in [-0.3, -0.25) is 9.59 Å². The van der Waals surface area contributed by atoms with E-state index in [1.807, 2.05) is 0 Å². The Bertz CT molecular complexity index is 1550. The third-order valence-corrected chi connectivity index (χ3v) is 5.26. The van der Waals surface area contributed by atoms with Gasteiger partial charge in [0.25, 0.3) is 5.91 Å². The summed E-state index contributed by atoms with van der Waals surface area (Å²) >= 11 is 0. The molecule has 0 bridgehead atoms. The van der Waals surface area contributed by atoms with Crippen LogP contribution >= 0.6 is 0 Å². The zero-order valence-corrected chi connectivity index (χ0v) is 19.7. The van der Waals surface area contributed by atoms with Crippen molar-refractivity contribution < 1.29 is 36.3 Å². The van der Waals surface area contributed by atoms with E-state index >= 15 is 0 Å². The molecule has 0 aliphatic carbocycles. The zero-order chi connectivity index (χ0) is 28.3. The number of amides is 2. The smallest absolute Gasteiger partial charge is 0.405 e. The number of nitrogens with one attached hydrogen (secondary N) is 2. The number of aromatic nitrogens is 4. The number of anilines is 2. The first-order valence-electron chi connectivity index (χ1n) is 10.9. The molecule has 2 aromatic carbocycles. The predicted octanol–water partition coefficient (Wildman–Crippen LogP) is 4.06. The number of halogens is 5. The van der Waals surface area contributed by atoms with E-state index in [2.05, 4.69) is 31.8 Å². The number of alkyl halides is 5. The second kappa shape index (κ2) is 10.7. The summed E-state index contributed by atoms with van der Waals surface area (Å²) in [5.74, 6) is -2.39. The van der Waals surface area contributed by atoms with Gasteiger partial charge in [0.05, 0.1) is 5.56 Å². The van der Waals surface area contributed by atoms with Crippen LogP contribution < -0.4 is 21.1 Å². The van der Waals surface area contributed by atoms with Crippen LogP contribution in [0.2, 0.25) is 0 Å². The van der Waals surface area contributed by atoms with Gasteiger partial charge in [-0.1, -0.05) is 24.8 Å². The van der Waals surface area contributed by atoms with Crippen LogP contribution in [0, 0.1) is 0 Å². The third kappa shape index (κ3) is 6.08. The van der Waals surface area contributed by atoms with Gasteiger partial charge in [-0.2, -0.15) is 22.0 Å². The number of hydrogen-bond acceptors (Lipinski definition) is 7. The van der Waals surface area contributed by atoms with Crippen molar-refractivity contribution in [2.24, 2.45) is 0 Å². The minimum atomic E-state index is -4.72. The Morgan fingerprint density at radius 2 is 1.82 bits per heavy atom. The van der Waals surface area contributed by atoms with Crippen molar-refractivity contribution in [1.82, 2.24) is 25.1 Å². The number of fused-ring (bicyclic) bond motifs is 1. The molecule has 0 aliphatic heterocycles. The van der Waals surface area contributed by atoms with Crippen molar-refractivity contribution in [2.75, 3.05) is 17.6 Å². The van der Waals surface area contributed by atoms with Crippen molar-refractivity contribution in [3.8, 4) is 28.1 Å². The summed E-state index contributed by atoms with van der Waals surface area (Å²) in [6.45, 7) is -1.67. The van der Waals surface area contributed by atoms with Crippen molar-refractivity contribution in [1.29, 1.82) is 0 Å². The summed E-state index contributed by atoms with van der Waals surface area (Å²) in [4.78, 5) is 27.9. The predicted molar refractivity (Wildman–Crippen MR) is 130 cm³/mol. The number of benzene rings is 2. The Morgan fingerprint density at radius 3 is 2.46 bits per heavy atom. The lowest BCUT2D eigenvalue weighted by atomic mass is 9.98. The molecule has 0 atom stereocenters. The Morgan fingerprint density at radius 1 is 1.13 bits per heavy atom.